The quantitative estimate of drug-likeness (QED) is 0.763. The van der Waals surface area contributed by atoms with E-state index in [4.69, 9.17) is 5.11 Å². The van der Waals surface area contributed by atoms with Gasteiger partial charge in [0, 0.05) is 6.04 Å². The average molecular weight is 257 g/mol. The molecule has 0 radical (unpaired) electrons. The fourth-order valence-corrected chi connectivity index (χ4v) is 2.83. The maximum absolute atomic E-state index is 11.7. The lowest BCUT2D eigenvalue weighted by Gasteiger charge is -2.14. The zero-order valence-electron chi connectivity index (χ0n) is 9.96. The molecule has 17 heavy (non-hydrogen) atoms. The molecule has 0 fully saturated rings. The highest BCUT2D eigenvalue weighted by Crippen LogP contribution is 2.02. The molecule has 1 aromatic rings. The minimum Gasteiger partial charge on any atom is -0.395 e. The molecular weight excluding hydrogens is 238 g/mol. The number of aliphatic hydroxyl groups is 1. The predicted octanol–water partition coefficient (Wildman–Crippen LogP) is 0.919. The van der Waals surface area contributed by atoms with E-state index in [-0.39, 0.29) is 18.4 Å². The summed E-state index contributed by atoms with van der Waals surface area (Å²) in [5.74, 6) is 0.0491. The first-order chi connectivity index (χ1) is 8.07. The molecule has 0 spiro atoms. The van der Waals surface area contributed by atoms with Crippen LogP contribution in [-0.2, 0) is 16.4 Å². The Labute approximate surface area is 103 Å². The summed E-state index contributed by atoms with van der Waals surface area (Å²) < 4.78 is 25.9. The second-order valence-electron chi connectivity index (χ2n) is 3.96. The largest absolute Gasteiger partial charge is 0.395 e. The third-order valence-corrected chi connectivity index (χ3v) is 4.00. The zero-order valence-corrected chi connectivity index (χ0v) is 10.8. The van der Waals surface area contributed by atoms with E-state index in [1.54, 1.807) is 0 Å². The molecule has 0 aliphatic rings. The highest BCUT2D eigenvalue weighted by Gasteiger charge is 2.15. The summed E-state index contributed by atoms with van der Waals surface area (Å²) in [6.07, 6.45) is 1.07. The Bertz CT molecular complexity index is 413. The first-order valence-electron chi connectivity index (χ1n) is 5.72. The van der Waals surface area contributed by atoms with Crippen LogP contribution in [0.1, 0.15) is 18.9 Å². The van der Waals surface area contributed by atoms with Crippen LogP contribution in [-0.4, -0.2) is 31.9 Å². The molecule has 0 saturated heterocycles. The first kappa shape index (κ1) is 14.2. The number of hydrogen-bond acceptors (Lipinski definition) is 3. The first-order valence-corrected chi connectivity index (χ1v) is 7.37. The van der Waals surface area contributed by atoms with Crippen LogP contribution in [0.3, 0.4) is 0 Å². The molecule has 96 valence electrons. The molecule has 1 unspecified atom stereocenters. The molecular formula is C12H19NO3S. The molecule has 0 aromatic heterocycles. The van der Waals surface area contributed by atoms with E-state index in [0.29, 0.717) is 12.8 Å². The van der Waals surface area contributed by atoms with Crippen molar-refractivity contribution < 1.29 is 13.5 Å². The second-order valence-corrected chi connectivity index (χ2v) is 5.83. The Morgan fingerprint density at radius 3 is 2.47 bits per heavy atom. The van der Waals surface area contributed by atoms with Gasteiger partial charge in [-0.25, -0.2) is 13.1 Å². The van der Waals surface area contributed by atoms with E-state index >= 15 is 0 Å². The van der Waals surface area contributed by atoms with E-state index in [9.17, 15) is 8.42 Å². The van der Waals surface area contributed by atoms with Crippen LogP contribution in [0, 0.1) is 0 Å². The van der Waals surface area contributed by atoms with Crippen LogP contribution >= 0.6 is 0 Å². The van der Waals surface area contributed by atoms with Gasteiger partial charge in [0.05, 0.1) is 12.4 Å². The Balaban J connectivity index is 2.50. The van der Waals surface area contributed by atoms with E-state index < -0.39 is 10.0 Å². The van der Waals surface area contributed by atoms with E-state index in [0.717, 1.165) is 5.56 Å². The van der Waals surface area contributed by atoms with Gasteiger partial charge < -0.3 is 5.11 Å². The fraction of sp³-hybridized carbons (Fsp3) is 0.500. The van der Waals surface area contributed by atoms with Crippen molar-refractivity contribution in [3.63, 3.8) is 0 Å². The lowest BCUT2D eigenvalue weighted by atomic mass is 10.2. The van der Waals surface area contributed by atoms with Gasteiger partial charge in [0.1, 0.15) is 0 Å². The molecule has 1 atom stereocenters. The van der Waals surface area contributed by atoms with E-state index in [1.165, 1.54) is 0 Å². The topological polar surface area (TPSA) is 66.4 Å². The van der Waals surface area contributed by atoms with Crippen molar-refractivity contribution in [1.29, 1.82) is 0 Å². The normalized spacial score (nSPS) is 13.5. The Morgan fingerprint density at radius 2 is 1.94 bits per heavy atom. The molecule has 0 heterocycles. The highest BCUT2D eigenvalue weighted by molar-refractivity contribution is 7.89. The molecule has 1 aromatic carbocycles. The number of aliphatic hydroxyl groups excluding tert-OH is 1. The zero-order chi connectivity index (χ0) is 12.7. The highest BCUT2D eigenvalue weighted by atomic mass is 32.2. The minimum atomic E-state index is -3.31. The standard InChI is InChI=1S/C12H19NO3S/c1-2-12(10-14)13-17(15,16)9-8-11-6-4-3-5-7-11/h3-7,12-14H,2,8-10H2,1H3. The lowest BCUT2D eigenvalue weighted by molar-refractivity contribution is 0.254. The van der Waals surface area contributed by atoms with Crippen molar-refractivity contribution in [3.8, 4) is 0 Å². The van der Waals surface area contributed by atoms with Gasteiger partial charge in [0.15, 0.2) is 0 Å². The van der Waals surface area contributed by atoms with Gasteiger partial charge in [0.2, 0.25) is 10.0 Å². The van der Waals surface area contributed by atoms with Gasteiger partial charge in [-0.3, -0.25) is 0 Å². The Kier molecular flexibility index (Phi) is 5.61. The molecule has 0 saturated carbocycles. The average Bonchev–Trinajstić information content (AvgIpc) is 2.35. The van der Waals surface area contributed by atoms with Crippen LogP contribution in [0.4, 0.5) is 0 Å². The molecule has 0 aliphatic carbocycles. The third kappa shape index (κ3) is 5.30. The van der Waals surface area contributed by atoms with Gasteiger partial charge in [-0.1, -0.05) is 37.3 Å². The van der Waals surface area contributed by atoms with Crippen LogP contribution in [0.25, 0.3) is 0 Å². The Hall–Kier alpha value is -0.910. The molecule has 2 N–H and O–H groups in total. The maximum atomic E-state index is 11.7. The number of nitrogens with one attached hydrogen (secondary N) is 1. The van der Waals surface area contributed by atoms with Crippen molar-refractivity contribution in [1.82, 2.24) is 4.72 Å². The van der Waals surface area contributed by atoms with E-state index in [1.807, 2.05) is 37.3 Å². The third-order valence-electron chi connectivity index (χ3n) is 2.56. The number of aryl methyl sites for hydroxylation is 1. The van der Waals surface area contributed by atoms with Gasteiger partial charge in [-0.05, 0) is 18.4 Å². The van der Waals surface area contributed by atoms with Crippen molar-refractivity contribution in [3.05, 3.63) is 35.9 Å². The molecule has 5 heteroatoms. The smallest absolute Gasteiger partial charge is 0.212 e. The van der Waals surface area contributed by atoms with Crippen molar-refractivity contribution in [2.24, 2.45) is 0 Å². The number of hydrogen-bond donors (Lipinski definition) is 2. The second kappa shape index (κ2) is 6.74. The fourth-order valence-electron chi connectivity index (χ4n) is 1.46. The summed E-state index contributed by atoms with van der Waals surface area (Å²) in [5.41, 5.74) is 0.995. The molecule has 0 bridgehead atoms. The SMILES string of the molecule is CCC(CO)NS(=O)(=O)CCc1ccccc1. The van der Waals surface area contributed by atoms with Gasteiger partial charge in [-0.2, -0.15) is 0 Å². The van der Waals surface area contributed by atoms with Crippen LogP contribution in [0.2, 0.25) is 0 Å². The monoisotopic (exact) mass is 257 g/mol. The number of benzene rings is 1. The van der Waals surface area contributed by atoms with Crippen LogP contribution in [0.15, 0.2) is 30.3 Å². The van der Waals surface area contributed by atoms with Crippen molar-refractivity contribution in [2.45, 2.75) is 25.8 Å². The predicted molar refractivity (Wildman–Crippen MR) is 68.2 cm³/mol. The summed E-state index contributed by atoms with van der Waals surface area (Å²) in [6.45, 7) is 1.67. The summed E-state index contributed by atoms with van der Waals surface area (Å²) in [6, 6.07) is 9.10. The molecule has 0 aliphatic heterocycles. The summed E-state index contributed by atoms with van der Waals surface area (Å²) in [5, 5.41) is 8.95. The minimum absolute atomic E-state index is 0.0491. The maximum Gasteiger partial charge on any atom is 0.212 e. The lowest BCUT2D eigenvalue weighted by Crippen LogP contribution is -2.38. The summed E-state index contributed by atoms with van der Waals surface area (Å²) >= 11 is 0. The van der Waals surface area contributed by atoms with Gasteiger partial charge in [0.25, 0.3) is 0 Å². The number of rotatable bonds is 7. The number of sulfonamides is 1. The molecule has 1 rings (SSSR count). The van der Waals surface area contributed by atoms with E-state index in [2.05, 4.69) is 4.72 Å². The van der Waals surface area contributed by atoms with Crippen molar-refractivity contribution in [2.75, 3.05) is 12.4 Å². The summed E-state index contributed by atoms with van der Waals surface area (Å²) in [4.78, 5) is 0. The van der Waals surface area contributed by atoms with Crippen LogP contribution < -0.4 is 4.72 Å². The van der Waals surface area contributed by atoms with Crippen molar-refractivity contribution >= 4 is 10.0 Å². The van der Waals surface area contributed by atoms with Crippen LogP contribution in [0.5, 0.6) is 0 Å². The van der Waals surface area contributed by atoms with Gasteiger partial charge in [-0.15, -0.1) is 0 Å². The van der Waals surface area contributed by atoms with Gasteiger partial charge >= 0.3 is 0 Å². The summed E-state index contributed by atoms with van der Waals surface area (Å²) in [7, 11) is -3.31. The Morgan fingerprint density at radius 1 is 1.29 bits per heavy atom. The molecule has 4 nitrogen and oxygen atoms in total. The molecule has 0 amide bonds.